The molecule has 0 bridgehead atoms. The molecule has 182 valence electrons. The van der Waals surface area contributed by atoms with Crippen LogP contribution < -0.4 is 11.2 Å². The number of methoxy groups -OCH3 is 1. The molecule has 1 aliphatic rings. The predicted molar refractivity (Wildman–Crippen MR) is 116 cm³/mol. The largest absolute Gasteiger partial charge is 0.472 e. The maximum absolute atomic E-state index is 12.3. The van der Waals surface area contributed by atoms with Crippen molar-refractivity contribution in [2.75, 3.05) is 13.7 Å². The van der Waals surface area contributed by atoms with Gasteiger partial charge < -0.3 is 14.4 Å². The molecule has 4 atom stereocenters. The van der Waals surface area contributed by atoms with Crippen molar-refractivity contribution in [3.8, 4) is 0 Å². The number of nitrogens with zero attached hydrogens (tertiary/aromatic N) is 4. The zero-order valence-electron chi connectivity index (χ0n) is 18.2. The number of ether oxygens (including phenoxy) is 2. The molecule has 1 aromatic carbocycles. The van der Waals surface area contributed by atoms with Crippen LogP contribution in [-0.4, -0.2) is 46.3 Å². The van der Waals surface area contributed by atoms with Crippen LogP contribution in [0.4, 0.5) is 0 Å². The number of phosphoric acid groups is 1. The maximum atomic E-state index is 12.3. The van der Waals surface area contributed by atoms with Gasteiger partial charge in [-0.3, -0.25) is 23.4 Å². The lowest BCUT2D eigenvalue weighted by Gasteiger charge is -2.18. The van der Waals surface area contributed by atoms with Crippen LogP contribution in [0.2, 0.25) is 0 Å². The number of azide groups is 1. The minimum atomic E-state index is -4.53. The first-order valence-corrected chi connectivity index (χ1v) is 11.4. The number of hydrogen-bond donors (Lipinski definition) is 2. The zero-order valence-corrected chi connectivity index (χ0v) is 19.1. The third kappa shape index (κ3) is 6.20. The molecule has 3 rings (SSSR count). The highest BCUT2D eigenvalue weighted by atomic mass is 31.2. The normalized spacial score (nSPS) is 21.4. The number of aromatic nitrogens is 2. The highest BCUT2D eigenvalue weighted by Gasteiger charge is 2.38. The summed E-state index contributed by atoms with van der Waals surface area (Å²) < 4.78 is 33.7. The summed E-state index contributed by atoms with van der Waals surface area (Å²) in [5.74, 6) is -0.521. The van der Waals surface area contributed by atoms with Gasteiger partial charge in [0, 0.05) is 23.1 Å². The topological polar surface area (TPSA) is 195 Å². The number of aryl methyl sites for hydroxylation is 1. The molecule has 0 aliphatic carbocycles. The van der Waals surface area contributed by atoms with Gasteiger partial charge in [-0.25, -0.2) is 14.2 Å². The fourth-order valence-corrected chi connectivity index (χ4v) is 3.96. The van der Waals surface area contributed by atoms with E-state index in [9.17, 15) is 23.8 Å². The molecule has 1 aromatic heterocycles. The van der Waals surface area contributed by atoms with E-state index in [4.69, 9.17) is 19.3 Å². The first kappa shape index (κ1) is 25.4. The van der Waals surface area contributed by atoms with E-state index in [0.29, 0.717) is 11.1 Å². The van der Waals surface area contributed by atoms with E-state index in [0.717, 1.165) is 4.57 Å². The van der Waals surface area contributed by atoms with Crippen molar-refractivity contribution in [3.63, 3.8) is 0 Å². The molecule has 1 fully saturated rings. The van der Waals surface area contributed by atoms with Crippen LogP contribution in [0.25, 0.3) is 10.4 Å². The van der Waals surface area contributed by atoms with Crippen LogP contribution in [-0.2, 0) is 29.7 Å². The van der Waals surface area contributed by atoms with E-state index in [-0.39, 0.29) is 18.6 Å². The molecule has 2 heterocycles. The van der Waals surface area contributed by atoms with Gasteiger partial charge in [0.1, 0.15) is 6.23 Å². The molecule has 1 aliphatic heterocycles. The number of benzene rings is 1. The number of nitrogens with one attached hydrogen (secondary N) is 1. The highest BCUT2D eigenvalue weighted by Crippen LogP contribution is 2.45. The fourth-order valence-electron chi connectivity index (χ4n) is 3.24. The number of phosphoric ester groups is 1. The monoisotopic (exact) mass is 495 g/mol. The standard InChI is InChI=1S/C19H22N5O9P/c1-11-8-24(19(27)21-17(11)25)16-7-14(22-23-20)15(33-16)10-32-34(28,29)31-9-12-3-5-13(6-4-12)18(26)30-2/h3-6,8,14-16H,7,9-10H2,1-2H3,(H,28,29)(H,21,25,27)/t14-,15+,16+/m0/s1. The first-order valence-electron chi connectivity index (χ1n) is 9.94. The van der Waals surface area contributed by atoms with Crippen LogP contribution >= 0.6 is 7.82 Å². The second-order valence-corrected chi connectivity index (χ2v) is 8.80. The van der Waals surface area contributed by atoms with E-state index in [1.54, 1.807) is 0 Å². The summed E-state index contributed by atoms with van der Waals surface area (Å²) in [5, 5.41) is 3.61. The molecule has 14 nitrogen and oxygen atoms in total. The van der Waals surface area contributed by atoms with Crippen LogP contribution in [0.3, 0.4) is 0 Å². The molecule has 15 heteroatoms. The molecular weight excluding hydrogens is 473 g/mol. The number of hydrogen-bond acceptors (Lipinski definition) is 9. The lowest BCUT2D eigenvalue weighted by molar-refractivity contribution is -0.0287. The number of carbonyl (C=O) groups excluding carboxylic acids is 1. The molecule has 0 spiro atoms. The van der Waals surface area contributed by atoms with Crippen molar-refractivity contribution < 1.29 is 32.8 Å². The van der Waals surface area contributed by atoms with Gasteiger partial charge in [-0.15, -0.1) is 0 Å². The minimum Gasteiger partial charge on any atom is -0.465 e. The summed E-state index contributed by atoms with van der Waals surface area (Å²) in [5.41, 5.74) is 8.67. The van der Waals surface area contributed by atoms with Crippen LogP contribution in [0.15, 0.2) is 45.2 Å². The zero-order chi connectivity index (χ0) is 24.9. The van der Waals surface area contributed by atoms with Gasteiger partial charge in [-0.05, 0) is 30.2 Å². The summed E-state index contributed by atoms with van der Waals surface area (Å²) in [6.07, 6.45) is -0.455. The van der Waals surface area contributed by atoms with E-state index >= 15 is 0 Å². The summed E-state index contributed by atoms with van der Waals surface area (Å²) in [7, 11) is -3.28. The Morgan fingerprint density at radius 3 is 2.71 bits per heavy atom. The molecule has 0 radical (unpaired) electrons. The SMILES string of the molecule is COC(=O)c1ccc(COP(=O)(O)OC[C@H]2O[C@@H](n3cc(C)c(=O)[nH]c3=O)C[C@@H]2N=[N+]=[N-])cc1. The number of aromatic amines is 1. The predicted octanol–water partition coefficient (Wildman–Crippen LogP) is 1.93. The van der Waals surface area contributed by atoms with Crippen molar-refractivity contribution in [1.82, 2.24) is 9.55 Å². The average Bonchev–Trinajstić information content (AvgIpc) is 3.21. The number of rotatable bonds is 9. The lowest BCUT2D eigenvalue weighted by Crippen LogP contribution is -2.33. The Morgan fingerprint density at radius 2 is 2.06 bits per heavy atom. The second kappa shape index (κ2) is 10.8. The van der Waals surface area contributed by atoms with Crippen molar-refractivity contribution in [2.45, 2.75) is 38.3 Å². The van der Waals surface area contributed by atoms with Gasteiger partial charge in [-0.1, -0.05) is 17.2 Å². The lowest BCUT2D eigenvalue weighted by atomic mass is 10.1. The van der Waals surface area contributed by atoms with Gasteiger partial charge in [0.05, 0.1) is 38.0 Å². The van der Waals surface area contributed by atoms with Gasteiger partial charge in [0.15, 0.2) is 0 Å². The van der Waals surface area contributed by atoms with Gasteiger partial charge in [0.25, 0.3) is 5.56 Å². The highest BCUT2D eigenvalue weighted by molar-refractivity contribution is 7.47. The number of esters is 1. The molecule has 0 amide bonds. The Balaban J connectivity index is 1.62. The van der Waals surface area contributed by atoms with Crippen molar-refractivity contribution in [1.29, 1.82) is 0 Å². The third-order valence-electron chi connectivity index (χ3n) is 5.03. The smallest absolute Gasteiger partial charge is 0.465 e. The number of carbonyl (C=O) groups is 1. The second-order valence-electron chi connectivity index (χ2n) is 7.34. The third-order valence-corrected chi connectivity index (χ3v) is 5.96. The van der Waals surface area contributed by atoms with E-state index < -0.39 is 50.0 Å². The molecule has 2 aromatic rings. The van der Waals surface area contributed by atoms with Gasteiger partial charge in [-0.2, -0.15) is 0 Å². The maximum Gasteiger partial charge on any atom is 0.472 e. The average molecular weight is 495 g/mol. The van der Waals surface area contributed by atoms with Crippen LogP contribution in [0.5, 0.6) is 0 Å². The van der Waals surface area contributed by atoms with Crippen molar-refractivity contribution in [2.24, 2.45) is 5.11 Å². The van der Waals surface area contributed by atoms with Gasteiger partial charge >= 0.3 is 19.5 Å². The minimum absolute atomic E-state index is 0.0760. The summed E-state index contributed by atoms with van der Waals surface area (Å²) in [4.78, 5) is 50.1. The van der Waals surface area contributed by atoms with Crippen molar-refractivity contribution >= 4 is 13.8 Å². The Bertz CT molecular complexity index is 1250. The summed E-state index contributed by atoms with van der Waals surface area (Å²) in [6.45, 7) is 0.763. The quantitative estimate of drug-likeness (QED) is 0.172. The fraction of sp³-hybridized carbons (Fsp3) is 0.421. The van der Waals surface area contributed by atoms with Crippen LogP contribution in [0, 0.1) is 6.92 Å². The van der Waals surface area contributed by atoms with Crippen molar-refractivity contribution in [3.05, 3.63) is 78.4 Å². The number of H-pyrrole nitrogens is 1. The van der Waals surface area contributed by atoms with E-state index in [1.165, 1.54) is 44.5 Å². The van der Waals surface area contributed by atoms with Gasteiger partial charge in [0.2, 0.25) is 0 Å². The summed E-state index contributed by atoms with van der Waals surface area (Å²) in [6, 6.07) is 5.20. The molecule has 1 unspecified atom stereocenters. The van der Waals surface area contributed by atoms with E-state index in [2.05, 4.69) is 19.7 Å². The molecular formula is C19H22N5O9P. The van der Waals surface area contributed by atoms with E-state index in [1.807, 2.05) is 0 Å². The Hall–Kier alpha value is -3.25. The Kier molecular flexibility index (Phi) is 8.05. The molecule has 1 saturated heterocycles. The first-order chi connectivity index (χ1) is 16.1. The Morgan fingerprint density at radius 1 is 1.35 bits per heavy atom. The van der Waals surface area contributed by atoms with Crippen LogP contribution in [0.1, 0.15) is 34.1 Å². The molecule has 2 N–H and O–H groups in total. The Labute approximate surface area is 192 Å². The molecule has 34 heavy (non-hydrogen) atoms. The molecule has 0 saturated carbocycles. The summed E-state index contributed by atoms with van der Waals surface area (Å²) >= 11 is 0.